The lowest BCUT2D eigenvalue weighted by molar-refractivity contribution is 0.0980. The van der Waals surface area contributed by atoms with Crippen LogP contribution >= 0.6 is 23.7 Å². The first-order valence-corrected chi connectivity index (χ1v) is 10.6. The molecule has 0 aliphatic rings. The van der Waals surface area contributed by atoms with Gasteiger partial charge in [-0.3, -0.25) is 14.7 Å². The van der Waals surface area contributed by atoms with E-state index in [1.165, 1.54) is 17.5 Å². The normalized spacial score (nSPS) is 11.0. The van der Waals surface area contributed by atoms with Crippen molar-refractivity contribution >= 4 is 56.0 Å². The molecule has 0 unspecified atom stereocenters. The van der Waals surface area contributed by atoms with Crippen LogP contribution in [-0.4, -0.2) is 59.6 Å². The van der Waals surface area contributed by atoms with Gasteiger partial charge in [-0.1, -0.05) is 23.5 Å². The van der Waals surface area contributed by atoms with Crippen molar-refractivity contribution in [2.24, 2.45) is 0 Å². The molecule has 162 valence electrons. The highest BCUT2D eigenvalue weighted by molar-refractivity contribution is 7.22. The summed E-state index contributed by atoms with van der Waals surface area (Å²) in [6.45, 7) is 3.76. The van der Waals surface area contributed by atoms with Gasteiger partial charge < -0.3 is 9.64 Å². The summed E-state index contributed by atoms with van der Waals surface area (Å²) >= 11 is 1.47. The Hall–Kier alpha value is -2.81. The maximum absolute atomic E-state index is 13.4. The van der Waals surface area contributed by atoms with E-state index in [0.717, 1.165) is 21.5 Å². The highest BCUT2D eigenvalue weighted by Crippen LogP contribution is 2.32. The number of carbonyl (C=O) groups excluding carboxylic acids is 1. The van der Waals surface area contributed by atoms with Crippen LogP contribution in [0.2, 0.25) is 0 Å². The van der Waals surface area contributed by atoms with Gasteiger partial charge in [0.25, 0.3) is 5.91 Å². The monoisotopic (exact) mass is 457 g/mol. The molecule has 0 N–H and O–H groups in total. The summed E-state index contributed by atoms with van der Waals surface area (Å²) in [4.78, 5) is 30.7. The fraction of sp³-hybridized carbons (Fsp3) is 0.273. The molecule has 31 heavy (non-hydrogen) atoms. The SMILES string of the molecule is CCOc1ccc2nc(N(CCN(C)C)C(=O)c3cnc4ccccc4n3)sc2c1.Cl. The number of likely N-dealkylation sites (N-methyl/N-ethyl adjacent to an activating group) is 1. The van der Waals surface area contributed by atoms with E-state index in [4.69, 9.17) is 9.72 Å². The second-order valence-electron chi connectivity index (χ2n) is 7.06. The van der Waals surface area contributed by atoms with Crippen LogP contribution in [0.1, 0.15) is 17.4 Å². The van der Waals surface area contributed by atoms with Gasteiger partial charge in [-0.25, -0.2) is 9.97 Å². The second-order valence-corrected chi connectivity index (χ2v) is 8.07. The minimum Gasteiger partial charge on any atom is -0.494 e. The zero-order valence-corrected chi connectivity index (χ0v) is 19.2. The van der Waals surface area contributed by atoms with E-state index >= 15 is 0 Å². The predicted molar refractivity (Wildman–Crippen MR) is 128 cm³/mol. The lowest BCUT2D eigenvalue weighted by Gasteiger charge is -2.21. The molecule has 0 aliphatic carbocycles. The molecule has 4 rings (SSSR count). The third-order valence-corrected chi connectivity index (χ3v) is 5.62. The van der Waals surface area contributed by atoms with E-state index in [9.17, 15) is 4.79 Å². The first-order chi connectivity index (χ1) is 14.5. The Kier molecular flexibility index (Phi) is 7.37. The molecule has 0 radical (unpaired) electrons. The number of fused-ring (bicyclic) bond motifs is 2. The van der Waals surface area contributed by atoms with Gasteiger partial charge in [0.1, 0.15) is 11.4 Å². The van der Waals surface area contributed by atoms with Crippen molar-refractivity contribution in [2.75, 3.05) is 38.7 Å². The fourth-order valence-electron chi connectivity index (χ4n) is 3.05. The van der Waals surface area contributed by atoms with E-state index in [1.54, 1.807) is 4.90 Å². The van der Waals surface area contributed by atoms with Crippen molar-refractivity contribution in [3.63, 3.8) is 0 Å². The molecule has 9 heteroatoms. The third kappa shape index (κ3) is 5.10. The summed E-state index contributed by atoms with van der Waals surface area (Å²) in [6.07, 6.45) is 1.54. The van der Waals surface area contributed by atoms with Crippen molar-refractivity contribution < 1.29 is 9.53 Å². The van der Waals surface area contributed by atoms with Crippen molar-refractivity contribution in [3.05, 3.63) is 54.4 Å². The van der Waals surface area contributed by atoms with Gasteiger partial charge in [0.05, 0.1) is 34.1 Å². The number of aromatic nitrogens is 3. The van der Waals surface area contributed by atoms with Gasteiger partial charge in [-0.2, -0.15) is 0 Å². The smallest absolute Gasteiger partial charge is 0.280 e. The Labute approximate surface area is 191 Å². The number of benzene rings is 2. The zero-order valence-electron chi connectivity index (χ0n) is 17.6. The number of thiazole rings is 1. The largest absolute Gasteiger partial charge is 0.494 e. The molecule has 0 saturated carbocycles. The van der Waals surface area contributed by atoms with Crippen LogP contribution in [0.3, 0.4) is 0 Å². The molecule has 0 spiro atoms. The highest BCUT2D eigenvalue weighted by Gasteiger charge is 2.23. The predicted octanol–water partition coefficient (Wildman–Crippen LogP) is 4.27. The average Bonchev–Trinajstić information content (AvgIpc) is 3.16. The van der Waals surface area contributed by atoms with E-state index in [2.05, 4.69) is 9.97 Å². The summed E-state index contributed by atoms with van der Waals surface area (Å²) in [6, 6.07) is 13.3. The maximum atomic E-state index is 13.4. The Morgan fingerprint density at radius 3 is 2.55 bits per heavy atom. The lowest BCUT2D eigenvalue weighted by Crippen LogP contribution is -2.37. The molecular weight excluding hydrogens is 434 g/mol. The molecule has 0 aliphatic heterocycles. The van der Waals surface area contributed by atoms with Gasteiger partial charge in [-0.05, 0) is 51.4 Å². The number of rotatable bonds is 7. The van der Waals surface area contributed by atoms with Crippen LogP contribution in [0.5, 0.6) is 5.75 Å². The molecule has 0 atom stereocenters. The molecule has 7 nitrogen and oxygen atoms in total. The standard InChI is InChI=1S/C22H23N5O2S.ClH/c1-4-29-15-9-10-18-20(13-15)30-22(25-18)27(12-11-26(2)3)21(28)19-14-23-16-7-5-6-8-17(16)24-19;/h5-10,13-14H,4,11-12H2,1-3H3;1H. The van der Waals surface area contributed by atoms with Crippen LogP contribution < -0.4 is 9.64 Å². The summed E-state index contributed by atoms with van der Waals surface area (Å²) in [5, 5.41) is 0.639. The number of ether oxygens (including phenoxy) is 1. The minimum absolute atomic E-state index is 0. The van der Waals surface area contributed by atoms with E-state index < -0.39 is 0 Å². The fourth-order valence-corrected chi connectivity index (χ4v) is 4.07. The van der Waals surface area contributed by atoms with Gasteiger partial charge in [-0.15, -0.1) is 12.4 Å². The number of hydrogen-bond donors (Lipinski definition) is 0. The van der Waals surface area contributed by atoms with Gasteiger partial charge in [0.2, 0.25) is 0 Å². The van der Waals surface area contributed by atoms with Gasteiger partial charge >= 0.3 is 0 Å². The molecule has 4 aromatic rings. The second kappa shape index (κ2) is 10.00. The number of amides is 1. The molecule has 1 amide bonds. The number of nitrogens with zero attached hydrogens (tertiary/aromatic N) is 5. The minimum atomic E-state index is -0.209. The van der Waals surface area contributed by atoms with Crippen molar-refractivity contribution in [1.82, 2.24) is 19.9 Å². The molecule has 0 saturated heterocycles. The molecule has 0 bridgehead atoms. The summed E-state index contributed by atoms with van der Waals surface area (Å²) in [5.41, 5.74) is 2.60. The Morgan fingerprint density at radius 1 is 1.03 bits per heavy atom. The van der Waals surface area contributed by atoms with Gasteiger partial charge in [0, 0.05) is 13.1 Å². The molecular formula is C22H24ClN5O2S. The first-order valence-electron chi connectivity index (χ1n) is 9.77. The first kappa shape index (κ1) is 22.9. The van der Waals surface area contributed by atoms with Crippen molar-refractivity contribution in [2.45, 2.75) is 6.92 Å². The number of anilines is 1. The van der Waals surface area contributed by atoms with Crippen LogP contribution in [0.4, 0.5) is 5.13 Å². The molecule has 2 heterocycles. The summed E-state index contributed by atoms with van der Waals surface area (Å²) < 4.78 is 6.57. The Balaban J connectivity index is 0.00000272. The number of para-hydroxylation sites is 2. The number of halogens is 1. The zero-order chi connectivity index (χ0) is 21.1. The summed E-state index contributed by atoms with van der Waals surface area (Å²) in [7, 11) is 3.95. The average molecular weight is 458 g/mol. The number of hydrogen-bond acceptors (Lipinski definition) is 7. The van der Waals surface area contributed by atoms with E-state index in [1.807, 2.05) is 68.4 Å². The maximum Gasteiger partial charge on any atom is 0.280 e. The number of carbonyl (C=O) groups is 1. The highest BCUT2D eigenvalue weighted by atomic mass is 35.5. The molecule has 2 aromatic heterocycles. The van der Waals surface area contributed by atoms with Crippen LogP contribution in [-0.2, 0) is 0 Å². The molecule has 0 fully saturated rings. The van der Waals surface area contributed by atoms with Crippen molar-refractivity contribution in [3.8, 4) is 5.75 Å². The third-order valence-electron chi connectivity index (χ3n) is 4.57. The quantitative estimate of drug-likeness (QED) is 0.412. The Bertz CT molecular complexity index is 1200. The van der Waals surface area contributed by atoms with Crippen LogP contribution in [0, 0.1) is 0 Å². The van der Waals surface area contributed by atoms with Gasteiger partial charge in [0.15, 0.2) is 5.13 Å². The van der Waals surface area contributed by atoms with Crippen LogP contribution in [0.25, 0.3) is 21.3 Å². The van der Waals surface area contributed by atoms with E-state index in [-0.39, 0.29) is 18.3 Å². The molecule has 2 aromatic carbocycles. The van der Waals surface area contributed by atoms with Crippen molar-refractivity contribution in [1.29, 1.82) is 0 Å². The Morgan fingerprint density at radius 2 is 1.81 bits per heavy atom. The van der Waals surface area contributed by atoms with Crippen LogP contribution in [0.15, 0.2) is 48.7 Å². The van der Waals surface area contributed by atoms with E-state index in [0.29, 0.717) is 36.0 Å². The summed E-state index contributed by atoms with van der Waals surface area (Å²) in [5.74, 6) is 0.589. The lowest BCUT2D eigenvalue weighted by atomic mass is 10.3. The topological polar surface area (TPSA) is 71.5 Å².